The minimum Gasteiger partial charge on any atom is -0.496 e. The molecule has 2 rings (SSSR count). The maximum absolute atomic E-state index is 10.0. The van der Waals surface area contributed by atoms with E-state index in [2.05, 4.69) is 0 Å². The number of aliphatic hydroxyl groups is 1. The van der Waals surface area contributed by atoms with E-state index in [4.69, 9.17) is 4.74 Å². The topological polar surface area (TPSA) is 29.5 Å². The predicted octanol–water partition coefficient (Wildman–Crippen LogP) is 3.42. The van der Waals surface area contributed by atoms with E-state index in [-0.39, 0.29) is 6.10 Å². The number of benzene rings is 1. The van der Waals surface area contributed by atoms with Gasteiger partial charge in [-0.15, -0.1) is 11.3 Å². The number of aliphatic hydroxyl groups excluding tert-OH is 1. The molecule has 2 aromatic rings. The van der Waals surface area contributed by atoms with Crippen molar-refractivity contribution in [3.05, 3.63) is 52.2 Å². The summed E-state index contributed by atoms with van der Waals surface area (Å²) in [5.41, 5.74) is 1.14. The van der Waals surface area contributed by atoms with Gasteiger partial charge in [0, 0.05) is 4.88 Å². The highest BCUT2D eigenvalue weighted by Crippen LogP contribution is 2.26. The molecule has 1 aromatic carbocycles. The lowest BCUT2D eigenvalue weighted by molar-refractivity contribution is 0.171. The van der Waals surface area contributed by atoms with Crippen molar-refractivity contribution in [2.24, 2.45) is 0 Å². The Kier molecular flexibility index (Phi) is 4.18. The Bertz CT molecular complexity index is 451. The first-order chi connectivity index (χ1) is 8.31. The van der Waals surface area contributed by atoms with Gasteiger partial charge in [-0.2, -0.15) is 0 Å². The predicted molar refractivity (Wildman–Crippen MR) is 70.6 cm³/mol. The Labute approximate surface area is 105 Å². The molecule has 1 aromatic heterocycles. The summed E-state index contributed by atoms with van der Waals surface area (Å²) in [5, 5.41) is 12.0. The first kappa shape index (κ1) is 12.1. The number of thiophene rings is 1. The number of ether oxygens (including phenoxy) is 1. The SMILES string of the molecule is COc1ccccc1CC[C@H](O)c1cccs1. The fraction of sp³-hybridized carbons (Fsp3) is 0.286. The molecule has 0 aliphatic carbocycles. The number of methoxy groups -OCH3 is 1. The fourth-order valence-electron chi connectivity index (χ4n) is 1.82. The molecule has 1 heterocycles. The van der Waals surface area contributed by atoms with Crippen LogP contribution in [0.2, 0.25) is 0 Å². The smallest absolute Gasteiger partial charge is 0.122 e. The summed E-state index contributed by atoms with van der Waals surface area (Å²) < 4.78 is 5.29. The van der Waals surface area contributed by atoms with Crippen LogP contribution in [0.1, 0.15) is 23.0 Å². The van der Waals surface area contributed by atoms with Crippen LogP contribution in [-0.2, 0) is 6.42 Å². The lowest BCUT2D eigenvalue weighted by Gasteiger charge is -2.11. The molecule has 2 nitrogen and oxygen atoms in total. The van der Waals surface area contributed by atoms with Crippen molar-refractivity contribution in [1.29, 1.82) is 0 Å². The van der Waals surface area contributed by atoms with Crippen LogP contribution in [0.15, 0.2) is 41.8 Å². The van der Waals surface area contributed by atoms with Gasteiger partial charge < -0.3 is 9.84 Å². The van der Waals surface area contributed by atoms with E-state index >= 15 is 0 Å². The third-order valence-corrected chi connectivity index (χ3v) is 3.72. The molecule has 1 N–H and O–H groups in total. The molecule has 1 atom stereocenters. The van der Waals surface area contributed by atoms with Gasteiger partial charge in [0.15, 0.2) is 0 Å². The second-order valence-corrected chi connectivity index (χ2v) is 4.86. The van der Waals surface area contributed by atoms with E-state index in [1.165, 1.54) is 0 Å². The minimum atomic E-state index is -0.375. The number of hydrogen-bond donors (Lipinski definition) is 1. The van der Waals surface area contributed by atoms with Crippen molar-refractivity contribution >= 4 is 11.3 Å². The number of aryl methyl sites for hydroxylation is 1. The zero-order valence-corrected chi connectivity index (χ0v) is 10.6. The molecule has 3 heteroatoms. The second-order valence-electron chi connectivity index (χ2n) is 3.88. The highest BCUT2D eigenvalue weighted by atomic mass is 32.1. The largest absolute Gasteiger partial charge is 0.496 e. The first-order valence-corrected chi connectivity index (χ1v) is 6.52. The molecule has 0 spiro atoms. The molecule has 0 aliphatic heterocycles. The lowest BCUT2D eigenvalue weighted by Crippen LogP contribution is -1.99. The molecule has 0 amide bonds. The second kappa shape index (κ2) is 5.84. The average Bonchev–Trinajstić information content (AvgIpc) is 2.90. The Morgan fingerprint density at radius 2 is 2.06 bits per heavy atom. The van der Waals surface area contributed by atoms with E-state index in [9.17, 15) is 5.11 Å². The number of hydrogen-bond acceptors (Lipinski definition) is 3. The van der Waals surface area contributed by atoms with Gasteiger partial charge in [0.1, 0.15) is 5.75 Å². The van der Waals surface area contributed by atoms with E-state index in [1.807, 2.05) is 41.8 Å². The van der Waals surface area contributed by atoms with Crippen LogP contribution in [0.4, 0.5) is 0 Å². The highest BCUT2D eigenvalue weighted by Gasteiger charge is 2.10. The first-order valence-electron chi connectivity index (χ1n) is 5.64. The molecule has 0 bridgehead atoms. The van der Waals surface area contributed by atoms with Crippen molar-refractivity contribution in [1.82, 2.24) is 0 Å². The molecule has 0 saturated carbocycles. The minimum absolute atomic E-state index is 0.375. The van der Waals surface area contributed by atoms with Crippen LogP contribution in [0, 0.1) is 0 Å². The molecular weight excluding hydrogens is 232 g/mol. The number of para-hydroxylation sites is 1. The number of rotatable bonds is 5. The zero-order chi connectivity index (χ0) is 12.1. The standard InChI is InChI=1S/C14H16O2S/c1-16-13-6-3-2-5-11(13)8-9-12(15)14-7-4-10-17-14/h2-7,10,12,15H,8-9H2,1H3/t12-/m0/s1. The quantitative estimate of drug-likeness (QED) is 0.878. The van der Waals surface area contributed by atoms with Gasteiger partial charge in [0.25, 0.3) is 0 Å². The Hall–Kier alpha value is -1.32. The van der Waals surface area contributed by atoms with Crippen molar-refractivity contribution in [2.75, 3.05) is 7.11 Å². The van der Waals surface area contributed by atoms with Crippen LogP contribution in [0.3, 0.4) is 0 Å². The summed E-state index contributed by atoms with van der Waals surface area (Å²) in [6.07, 6.45) is 1.17. The van der Waals surface area contributed by atoms with Crippen molar-refractivity contribution in [3.63, 3.8) is 0 Å². The normalized spacial score (nSPS) is 12.4. The Morgan fingerprint density at radius 3 is 2.76 bits per heavy atom. The lowest BCUT2D eigenvalue weighted by atomic mass is 10.1. The van der Waals surface area contributed by atoms with Gasteiger partial charge >= 0.3 is 0 Å². The maximum Gasteiger partial charge on any atom is 0.122 e. The molecule has 0 aliphatic rings. The zero-order valence-electron chi connectivity index (χ0n) is 9.80. The third-order valence-electron chi connectivity index (χ3n) is 2.75. The van der Waals surface area contributed by atoms with Crippen LogP contribution in [0.25, 0.3) is 0 Å². The monoisotopic (exact) mass is 248 g/mol. The van der Waals surface area contributed by atoms with Gasteiger partial charge in [-0.3, -0.25) is 0 Å². The molecule has 0 radical (unpaired) electrons. The summed E-state index contributed by atoms with van der Waals surface area (Å²) in [6.45, 7) is 0. The van der Waals surface area contributed by atoms with Gasteiger partial charge in [-0.25, -0.2) is 0 Å². The summed E-state index contributed by atoms with van der Waals surface area (Å²) in [5.74, 6) is 0.894. The molecule has 17 heavy (non-hydrogen) atoms. The molecule has 90 valence electrons. The van der Waals surface area contributed by atoms with E-state index in [1.54, 1.807) is 18.4 Å². The molecule has 0 unspecified atom stereocenters. The van der Waals surface area contributed by atoms with Gasteiger partial charge in [0.05, 0.1) is 13.2 Å². The van der Waals surface area contributed by atoms with Gasteiger partial charge in [-0.05, 0) is 35.9 Å². The van der Waals surface area contributed by atoms with Crippen molar-refractivity contribution in [2.45, 2.75) is 18.9 Å². The van der Waals surface area contributed by atoms with Crippen molar-refractivity contribution in [3.8, 4) is 5.75 Å². The van der Waals surface area contributed by atoms with Crippen LogP contribution in [0.5, 0.6) is 5.75 Å². The van der Waals surface area contributed by atoms with Gasteiger partial charge in [0.2, 0.25) is 0 Å². The third kappa shape index (κ3) is 3.08. The van der Waals surface area contributed by atoms with Gasteiger partial charge in [-0.1, -0.05) is 24.3 Å². The average molecular weight is 248 g/mol. The summed E-state index contributed by atoms with van der Waals surface area (Å²) >= 11 is 1.59. The Morgan fingerprint density at radius 1 is 1.24 bits per heavy atom. The van der Waals surface area contributed by atoms with E-state index in [0.717, 1.165) is 29.0 Å². The van der Waals surface area contributed by atoms with Crippen LogP contribution < -0.4 is 4.74 Å². The van der Waals surface area contributed by atoms with Crippen LogP contribution >= 0.6 is 11.3 Å². The molecule has 0 fully saturated rings. The van der Waals surface area contributed by atoms with Crippen molar-refractivity contribution < 1.29 is 9.84 Å². The Balaban J connectivity index is 1.98. The summed E-state index contributed by atoms with van der Waals surface area (Å²) in [7, 11) is 1.68. The fourth-order valence-corrected chi connectivity index (χ4v) is 2.57. The molecule has 0 saturated heterocycles. The van der Waals surface area contributed by atoms with E-state index < -0.39 is 0 Å². The van der Waals surface area contributed by atoms with Crippen LogP contribution in [-0.4, -0.2) is 12.2 Å². The maximum atomic E-state index is 10.0. The van der Waals surface area contributed by atoms with E-state index in [0.29, 0.717) is 0 Å². The summed E-state index contributed by atoms with van der Waals surface area (Å²) in [6, 6.07) is 11.9. The summed E-state index contributed by atoms with van der Waals surface area (Å²) in [4.78, 5) is 1.03. The highest BCUT2D eigenvalue weighted by molar-refractivity contribution is 7.10. The molecular formula is C14H16O2S.